The number of halogens is 1. The maximum absolute atomic E-state index is 13.1. The number of piperidine rings is 1. The zero-order valence-electron chi connectivity index (χ0n) is 18.0. The first kappa shape index (κ1) is 21.9. The van der Waals surface area contributed by atoms with Crippen LogP contribution < -0.4 is 19.7 Å². The molecule has 0 radical (unpaired) electrons. The summed E-state index contributed by atoms with van der Waals surface area (Å²) >= 11 is 6.19. The fraction of sp³-hybridized carbons (Fsp3) is 0.292. The number of hydrogen-bond donors (Lipinski definition) is 1. The molecule has 0 unspecified atom stereocenters. The first-order valence-electron chi connectivity index (χ1n) is 10.5. The predicted molar refractivity (Wildman–Crippen MR) is 125 cm³/mol. The molecule has 1 amide bonds. The number of aryl methyl sites for hydroxylation is 1. The highest BCUT2D eigenvalue weighted by Crippen LogP contribution is 2.33. The smallest absolute Gasteiger partial charge is 0.263 e. The van der Waals surface area contributed by atoms with Crippen molar-refractivity contribution in [1.29, 1.82) is 0 Å². The number of ether oxygens (including phenoxy) is 2. The van der Waals surface area contributed by atoms with Crippen molar-refractivity contribution in [2.75, 3.05) is 30.4 Å². The van der Waals surface area contributed by atoms with Gasteiger partial charge in [0, 0.05) is 36.6 Å². The Morgan fingerprint density at radius 1 is 1.19 bits per heavy atom. The third-order valence-electron chi connectivity index (χ3n) is 5.43. The number of carbonyl (C=O) groups is 1. The zero-order valence-corrected chi connectivity index (χ0v) is 18.8. The van der Waals surface area contributed by atoms with Gasteiger partial charge in [-0.2, -0.15) is 0 Å². The van der Waals surface area contributed by atoms with E-state index in [1.807, 2.05) is 43.3 Å². The molecule has 1 aliphatic heterocycles. The van der Waals surface area contributed by atoms with Crippen LogP contribution in [-0.2, 0) is 4.79 Å². The van der Waals surface area contributed by atoms with Crippen molar-refractivity contribution in [3.05, 3.63) is 65.4 Å². The quantitative estimate of drug-likeness (QED) is 0.561. The minimum absolute atomic E-state index is 0.0656. The standard InChI is InChI=1S/C24H25ClN4O3/c1-16-13-20(21(31-2)14-19(16)25)28-23(30)17-7-6-12-29(15-17)22-24(27-11-10-26-22)32-18-8-4-3-5-9-18/h3-5,8-11,13-14,17H,6-7,12,15H2,1-2H3,(H,28,30)/t17-/m1/s1. The Balaban J connectivity index is 1.50. The number of benzene rings is 2. The van der Waals surface area contributed by atoms with Crippen molar-refractivity contribution in [3.63, 3.8) is 0 Å². The molecular formula is C24H25ClN4O3. The first-order chi connectivity index (χ1) is 15.5. The number of nitrogens with zero attached hydrogens (tertiary/aromatic N) is 3. The fourth-order valence-electron chi connectivity index (χ4n) is 3.76. The summed E-state index contributed by atoms with van der Waals surface area (Å²) in [4.78, 5) is 24.0. The maximum atomic E-state index is 13.1. The van der Waals surface area contributed by atoms with Crippen LogP contribution in [0.5, 0.6) is 17.4 Å². The van der Waals surface area contributed by atoms with Crippen LogP contribution in [0.3, 0.4) is 0 Å². The number of hydrogen-bond acceptors (Lipinski definition) is 6. The van der Waals surface area contributed by atoms with E-state index in [2.05, 4.69) is 20.2 Å². The number of carbonyl (C=O) groups excluding carboxylic acids is 1. The molecule has 1 N–H and O–H groups in total. The summed E-state index contributed by atoms with van der Waals surface area (Å²) in [5.41, 5.74) is 1.49. The minimum atomic E-state index is -0.212. The van der Waals surface area contributed by atoms with E-state index in [1.54, 1.807) is 25.6 Å². The Morgan fingerprint density at radius 3 is 2.75 bits per heavy atom. The third kappa shape index (κ3) is 4.94. The fourth-order valence-corrected chi connectivity index (χ4v) is 3.91. The third-order valence-corrected chi connectivity index (χ3v) is 5.84. The molecule has 7 nitrogen and oxygen atoms in total. The van der Waals surface area contributed by atoms with Crippen LogP contribution in [0.4, 0.5) is 11.5 Å². The van der Waals surface area contributed by atoms with Gasteiger partial charge in [0.2, 0.25) is 5.91 Å². The van der Waals surface area contributed by atoms with E-state index < -0.39 is 0 Å². The Morgan fingerprint density at radius 2 is 1.97 bits per heavy atom. The second-order valence-corrected chi connectivity index (χ2v) is 8.08. The van der Waals surface area contributed by atoms with E-state index >= 15 is 0 Å². The summed E-state index contributed by atoms with van der Waals surface area (Å²) in [6, 6.07) is 13.0. The predicted octanol–water partition coefficient (Wildman–Crippen LogP) is 5.09. The van der Waals surface area contributed by atoms with Gasteiger partial charge in [-0.05, 0) is 43.5 Å². The van der Waals surface area contributed by atoms with Gasteiger partial charge in [0.15, 0.2) is 5.82 Å². The van der Waals surface area contributed by atoms with Gasteiger partial charge in [0.05, 0.1) is 18.7 Å². The van der Waals surface area contributed by atoms with Crippen LogP contribution >= 0.6 is 11.6 Å². The van der Waals surface area contributed by atoms with Crippen LogP contribution in [0.2, 0.25) is 5.02 Å². The highest BCUT2D eigenvalue weighted by atomic mass is 35.5. The molecule has 1 fully saturated rings. The summed E-state index contributed by atoms with van der Waals surface area (Å²) in [6.45, 7) is 3.18. The average Bonchev–Trinajstić information content (AvgIpc) is 2.82. The molecule has 1 aromatic heterocycles. The molecule has 3 aromatic rings. The van der Waals surface area contributed by atoms with E-state index in [9.17, 15) is 4.79 Å². The van der Waals surface area contributed by atoms with Gasteiger partial charge in [-0.15, -0.1) is 0 Å². The van der Waals surface area contributed by atoms with Crippen LogP contribution in [-0.4, -0.2) is 36.1 Å². The zero-order chi connectivity index (χ0) is 22.5. The molecule has 2 heterocycles. The van der Waals surface area contributed by atoms with Crippen molar-refractivity contribution < 1.29 is 14.3 Å². The van der Waals surface area contributed by atoms with Crippen LogP contribution in [0.1, 0.15) is 18.4 Å². The number of aromatic nitrogens is 2. The molecule has 0 bridgehead atoms. The van der Waals surface area contributed by atoms with Crippen LogP contribution in [0, 0.1) is 12.8 Å². The summed E-state index contributed by atoms with van der Waals surface area (Å²) in [6.07, 6.45) is 4.88. The monoisotopic (exact) mass is 452 g/mol. The van der Waals surface area contributed by atoms with E-state index in [0.717, 1.165) is 24.9 Å². The minimum Gasteiger partial charge on any atom is -0.495 e. The number of rotatable bonds is 6. The molecule has 0 spiro atoms. The highest BCUT2D eigenvalue weighted by molar-refractivity contribution is 6.31. The van der Waals surface area contributed by atoms with Gasteiger partial charge in [0.1, 0.15) is 11.5 Å². The summed E-state index contributed by atoms with van der Waals surface area (Å²) in [5.74, 6) is 2.00. The number of methoxy groups -OCH3 is 1. The largest absolute Gasteiger partial charge is 0.495 e. The van der Waals surface area contributed by atoms with Crippen molar-refractivity contribution in [2.45, 2.75) is 19.8 Å². The average molecular weight is 453 g/mol. The van der Waals surface area contributed by atoms with Gasteiger partial charge in [-0.1, -0.05) is 29.8 Å². The van der Waals surface area contributed by atoms with Gasteiger partial charge < -0.3 is 19.7 Å². The summed E-state index contributed by atoms with van der Waals surface area (Å²) in [7, 11) is 1.56. The van der Waals surface area contributed by atoms with E-state index in [1.165, 1.54) is 0 Å². The molecular weight excluding hydrogens is 428 g/mol. The number of amides is 1. The van der Waals surface area contributed by atoms with Crippen molar-refractivity contribution >= 4 is 29.0 Å². The van der Waals surface area contributed by atoms with Crippen LogP contribution in [0.25, 0.3) is 0 Å². The first-order valence-corrected chi connectivity index (χ1v) is 10.9. The van der Waals surface area contributed by atoms with Crippen LogP contribution in [0.15, 0.2) is 54.9 Å². The molecule has 32 heavy (non-hydrogen) atoms. The molecule has 1 atom stereocenters. The van der Waals surface area contributed by atoms with E-state index in [4.69, 9.17) is 21.1 Å². The van der Waals surface area contributed by atoms with Gasteiger partial charge in [-0.25, -0.2) is 9.97 Å². The molecule has 8 heteroatoms. The van der Waals surface area contributed by atoms with Crippen molar-refractivity contribution in [2.24, 2.45) is 5.92 Å². The molecule has 2 aromatic carbocycles. The Hall–Kier alpha value is -3.32. The molecule has 166 valence electrons. The topological polar surface area (TPSA) is 76.6 Å². The molecule has 1 aliphatic rings. The second-order valence-electron chi connectivity index (χ2n) is 7.68. The molecule has 0 saturated carbocycles. The Kier molecular flexibility index (Phi) is 6.75. The lowest BCUT2D eigenvalue weighted by molar-refractivity contribution is -0.120. The van der Waals surface area contributed by atoms with Gasteiger partial charge >= 0.3 is 0 Å². The van der Waals surface area contributed by atoms with E-state index in [0.29, 0.717) is 40.5 Å². The van der Waals surface area contributed by atoms with E-state index in [-0.39, 0.29) is 11.8 Å². The molecule has 1 saturated heterocycles. The lowest BCUT2D eigenvalue weighted by Gasteiger charge is -2.33. The van der Waals surface area contributed by atoms with Crippen molar-refractivity contribution in [3.8, 4) is 17.4 Å². The second kappa shape index (κ2) is 9.87. The van der Waals surface area contributed by atoms with Crippen molar-refractivity contribution in [1.82, 2.24) is 9.97 Å². The lowest BCUT2D eigenvalue weighted by Crippen LogP contribution is -2.41. The maximum Gasteiger partial charge on any atom is 0.263 e. The number of nitrogens with one attached hydrogen (secondary N) is 1. The number of para-hydroxylation sites is 1. The summed E-state index contributed by atoms with van der Waals surface area (Å²) < 4.78 is 11.4. The molecule has 4 rings (SSSR count). The van der Waals surface area contributed by atoms with Gasteiger partial charge in [0.25, 0.3) is 5.88 Å². The SMILES string of the molecule is COc1cc(Cl)c(C)cc1NC(=O)[C@@H]1CCCN(c2nccnc2Oc2ccccc2)C1. The van der Waals surface area contributed by atoms with Gasteiger partial charge in [-0.3, -0.25) is 4.79 Å². The number of anilines is 2. The molecule has 0 aliphatic carbocycles. The lowest BCUT2D eigenvalue weighted by atomic mass is 9.97. The Labute approximate surface area is 192 Å². The Bertz CT molecular complexity index is 1090. The summed E-state index contributed by atoms with van der Waals surface area (Å²) in [5, 5.41) is 3.60. The normalized spacial score (nSPS) is 15.8. The highest BCUT2D eigenvalue weighted by Gasteiger charge is 2.29.